The summed E-state index contributed by atoms with van der Waals surface area (Å²) in [5.41, 5.74) is 1.34. The van der Waals surface area contributed by atoms with E-state index in [0.29, 0.717) is 17.8 Å². The summed E-state index contributed by atoms with van der Waals surface area (Å²) in [4.78, 5) is 6.98. The zero-order valence-corrected chi connectivity index (χ0v) is 15.7. The molecule has 4 rings (SSSR count). The normalized spacial score (nSPS) is 22.8. The second-order valence-corrected chi connectivity index (χ2v) is 7.85. The molecule has 7 nitrogen and oxygen atoms in total. The van der Waals surface area contributed by atoms with Gasteiger partial charge in [-0.2, -0.15) is 0 Å². The molecule has 1 atom stereocenters. The fourth-order valence-electron chi connectivity index (χ4n) is 4.65. The van der Waals surface area contributed by atoms with Gasteiger partial charge in [0.15, 0.2) is 5.82 Å². The topological polar surface area (TPSA) is 72.0 Å². The third-order valence-electron chi connectivity index (χ3n) is 6.11. The predicted molar refractivity (Wildman–Crippen MR) is 98.5 cm³/mol. The first-order valence-corrected chi connectivity index (χ1v) is 9.98. The minimum absolute atomic E-state index is 0.0551. The van der Waals surface area contributed by atoms with Gasteiger partial charge >= 0.3 is 0 Å². The number of hydrogen-bond donors (Lipinski definition) is 1. The molecule has 2 aromatic heterocycles. The molecular formula is C19H30N6O. The summed E-state index contributed by atoms with van der Waals surface area (Å²) < 4.78 is 4.38. The molecule has 2 fully saturated rings. The van der Waals surface area contributed by atoms with Crippen LogP contribution in [0.25, 0.3) is 0 Å². The fraction of sp³-hybridized carbons (Fsp3) is 0.737. The number of aromatic nitrogens is 5. The van der Waals surface area contributed by atoms with Gasteiger partial charge in [0.05, 0.1) is 12.0 Å². The van der Waals surface area contributed by atoms with Gasteiger partial charge in [-0.15, -0.1) is 10.2 Å². The van der Waals surface area contributed by atoms with Crippen LogP contribution in [0.4, 0.5) is 0 Å². The SMILES string of the molecule is Cn1c(CO)nnc1[C@@H]1CCCN(Cc2cncn2C2CCCCC2)C1. The lowest BCUT2D eigenvalue weighted by molar-refractivity contribution is 0.187. The average molecular weight is 358 g/mol. The molecule has 2 aliphatic rings. The first kappa shape index (κ1) is 17.7. The van der Waals surface area contributed by atoms with Crippen LogP contribution in [0.2, 0.25) is 0 Å². The van der Waals surface area contributed by atoms with E-state index in [1.807, 2.05) is 24.1 Å². The van der Waals surface area contributed by atoms with Crippen molar-refractivity contribution in [3.63, 3.8) is 0 Å². The molecule has 26 heavy (non-hydrogen) atoms. The van der Waals surface area contributed by atoms with Crippen molar-refractivity contribution in [3.8, 4) is 0 Å². The van der Waals surface area contributed by atoms with Crippen LogP contribution in [0.1, 0.15) is 74.2 Å². The van der Waals surface area contributed by atoms with E-state index in [0.717, 1.165) is 31.9 Å². The van der Waals surface area contributed by atoms with Gasteiger partial charge < -0.3 is 14.2 Å². The highest BCUT2D eigenvalue weighted by molar-refractivity contribution is 5.06. The summed E-state index contributed by atoms with van der Waals surface area (Å²) in [7, 11) is 1.96. The van der Waals surface area contributed by atoms with E-state index in [-0.39, 0.29) is 6.61 Å². The monoisotopic (exact) mass is 358 g/mol. The van der Waals surface area contributed by atoms with Crippen molar-refractivity contribution < 1.29 is 5.11 Å². The lowest BCUT2D eigenvalue weighted by atomic mass is 9.95. The van der Waals surface area contributed by atoms with Gasteiger partial charge in [-0.05, 0) is 32.2 Å². The summed E-state index contributed by atoms with van der Waals surface area (Å²) in [5.74, 6) is 2.03. The van der Waals surface area contributed by atoms with Crippen molar-refractivity contribution in [2.75, 3.05) is 13.1 Å². The van der Waals surface area contributed by atoms with Crippen molar-refractivity contribution >= 4 is 0 Å². The Hall–Kier alpha value is -1.73. The molecule has 3 heterocycles. The largest absolute Gasteiger partial charge is 0.388 e. The van der Waals surface area contributed by atoms with E-state index >= 15 is 0 Å². The summed E-state index contributed by atoms with van der Waals surface area (Å²) >= 11 is 0. The van der Waals surface area contributed by atoms with E-state index in [1.165, 1.54) is 44.2 Å². The van der Waals surface area contributed by atoms with Crippen LogP contribution in [-0.2, 0) is 20.2 Å². The van der Waals surface area contributed by atoms with E-state index in [9.17, 15) is 5.11 Å². The second kappa shape index (κ2) is 7.88. The molecule has 1 saturated heterocycles. The molecule has 0 radical (unpaired) electrons. The molecule has 0 unspecified atom stereocenters. The van der Waals surface area contributed by atoms with Gasteiger partial charge in [-0.3, -0.25) is 4.90 Å². The van der Waals surface area contributed by atoms with Crippen LogP contribution in [-0.4, -0.2) is 47.4 Å². The Labute approximate surface area is 155 Å². The molecule has 0 spiro atoms. The maximum absolute atomic E-state index is 9.36. The minimum Gasteiger partial charge on any atom is -0.388 e. The molecule has 1 saturated carbocycles. The number of nitrogens with zero attached hydrogens (tertiary/aromatic N) is 6. The van der Waals surface area contributed by atoms with Crippen LogP contribution < -0.4 is 0 Å². The second-order valence-electron chi connectivity index (χ2n) is 7.85. The van der Waals surface area contributed by atoms with Crippen LogP contribution in [0.15, 0.2) is 12.5 Å². The standard InChI is InChI=1S/C19H30N6O/c1-23-18(13-26)21-22-19(23)15-6-5-9-24(11-15)12-17-10-20-14-25(17)16-7-3-2-4-8-16/h10,14-16,26H,2-9,11-13H2,1H3/t15-/m1/s1. The summed E-state index contributed by atoms with van der Waals surface area (Å²) in [6.45, 7) is 3.02. The van der Waals surface area contributed by atoms with Crippen molar-refractivity contribution in [2.45, 2.75) is 70.1 Å². The van der Waals surface area contributed by atoms with Crippen LogP contribution in [0, 0.1) is 0 Å². The summed E-state index contributed by atoms with van der Waals surface area (Å²) in [6, 6.07) is 0.632. The number of likely N-dealkylation sites (tertiary alicyclic amines) is 1. The number of aliphatic hydroxyl groups excluding tert-OH is 1. The predicted octanol–water partition coefficient (Wildman–Crippen LogP) is 2.39. The van der Waals surface area contributed by atoms with Crippen LogP contribution >= 0.6 is 0 Å². The van der Waals surface area contributed by atoms with E-state index in [1.54, 1.807) is 0 Å². The summed E-state index contributed by atoms with van der Waals surface area (Å²) in [5, 5.41) is 17.8. The molecule has 1 aliphatic heterocycles. The zero-order valence-electron chi connectivity index (χ0n) is 15.7. The Kier molecular flexibility index (Phi) is 5.36. The number of aliphatic hydroxyl groups is 1. The quantitative estimate of drug-likeness (QED) is 0.888. The van der Waals surface area contributed by atoms with Gasteiger partial charge in [-0.25, -0.2) is 4.98 Å². The molecule has 7 heteroatoms. The van der Waals surface area contributed by atoms with Crippen LogP contribution in [0.5, 0.6) is 0 Å². The lowest BCUT2D eigenvalue weighted by Gasteiger charge is -2.33. The third-order valence-corrected chi connectivity index (χ3v) is 6.11. The molecule has 0 amide bonds. The lowest BCUT2D eigenvalue weighted by Crippen LogP contribution is -2.35. The highest BCUT2D eigenvalue weighted by Crippen LogP contribution is 2.31. The summed E-state index contributed by atoms with van der Waals surface area (Å²) in [6.07, 6.45) is 13.0. The molecule has 0 bridgehead atoms. The molecule has 142 valence electrons. The Balaban J connectivity index is 1.44. The van der Waals surface area contributed by atoms with Crippen molar-refractivity contribution in [2.24, 2.45) is 7.05 Å². The zero-order chi connectivity index (χ0) is 17.9. The van der Waals surface area contributed by atoms with E-state index in [4.69, 9.17) is 0 Å². The van der Waals surface area contributed by atoms with Gasteiger partial charge in [0.1, 0.15) is 12.4 Å². The average Bonchev–Trinajstić information content (AvgIpc) is 3.29. The molecule has 0 aromatic carbocycles. The molecular weight excluding hydrogens is 328 g/mol. The number of imidazole rings is 1. The van der Waals surface area contributed by atoms with Crippen LogP contribution in [0.3, 0.4) is 0 Å². The Bertz CT molecular complexity index is 717. The molecule has 1 aliphatic carbocycles. The van der Waals surface area contributed by atoms with E-state index in [2.05, 4.69) is 24.6 Å². The molecule has 2 aromatic rings. The maximum atomic E-state index is 9.36. The highest BCUT2D eigenvalue weighted by Gasteiger charge is 2.27. The Morgan fingerprint density at radius 2 is 1.96 bits per heavy atom. The maximum Gasteiger partial charge on any atom is 0.158 e. The third kappa shape index (κ3) is 3.55. The van der Waals surface area contributed by atoms with Gasteiger partial charge in [0, 0.05) is 38.3 Å². The van der Waals surface area contributed by atoms with Gasteiger partial charge in [0.2, 0.25) is 0 Å². The smallest absolute Gasteiger partial charge is 0.158 e. The Morgan fingerprint density at radius 3 is 2.73 bits per heavy atom. The van der Waals surface area contributed by atoms with Gasteiger partial charge in [0.25, 0.3) is 0 Å². The minimum atomic E-state index is -0.0551. The number of piperidine rings is 1. The van der Waals surface area contributed by atoms with Crippen molar-refractivity contribution in [1.29, 1.82) is 0 Å². The van der Waals surface area contributed by atoms with E-state index < -0.39 is 0 Å². The van der Waals surface area contributed by atoms with Crippen molar-refractivity contribution in [3.05, 3.63) is 29.9 Å². The molecule has 1 N–H and O–H groups in total. The Morgan fingerprint density at radius 1 is 1.12 bits per heavy atom. The fourth-order valence-corrected chi connectivity index (χ4v) is 4.65. The number of hydrogen-bond acceptors (Lipinski definition) is 5. The first-order valence-electron chi connectivity index (χ1n) is 9.98. The number of rotatable bonds is 5. The van der Waals surface area contributed by atoms with Gasteiger partial charge in [-0.1, -0.05) is 19.3 Å². The first-order chi connectivity index (χ1) is 12.8. The highest BCUT2D eigenvalue weighted by atomic mass is 16.3. The van der Waals surface area contributed by atoms with Crippen molar-refractivity contribution in [1.82, 2.24) is 29.2 Å².